The first-order chi connectivity index (χ1) is 10.0. The molecular formula is C10H16N8OS2. The van der Waals surface area contributed by atoms with Crippen LogP contribution in [0.15, 0.2) is 15.4 Å². The number of guanidine groups is 1. The lowest BCUT2D eigenvalue weighted by molar-refractivity contribution is 0.584. The number of nitrogen functional groups attached to an aromatic ring is 1. The number of aromatic amines is 1. The lowest BCUT2D eigenvalue weighted by Crippen LogP contribution is -2.21. The van der Waals surface area contributed by atoms with Gasteiger partial charge in [0.1, 0.15) is 0 Å². The van der Waals surface area contributed by atoms with Crippen molar-refractivity contribution in [3.63, 3.8) is 0 Å². The summed E-state index contributed by atoms with van der Waals surface area (Å²) in [6, 6.07) is 0. The zero-order valence-electron chi connectivity index (χ0n) is 11.2. The molecule has 0 saturated heterocycles. The first-order valence-electron chi connectivity index (χ1n) is 6.16. The maximum atomic E-state index is 11.0. The van der Waals surface area contributed by atoms with E-state index in [9.17, 15) is 4.55 Å². The molecule has 0 amide bonds. The SMILES string of the molecule is NC(N)=Nc1nc(CCCCN=c2[nH][s+]([O-])nc2N)cs1. The Balaban J connectivity index is 1.77. The van der Waals surface area contributed by atoms with Gasteiger partial charge in [-0.2, -0.15) is 4.99 Å². The molecule has 11 heteroatoms. The number of rotatable bonds is 6. The van der Waals surface area contributed by atoms with Crippen LogP contribution in [0.1, 0.15) is 18.5 Å². The summed E-state index contributed by atoms with van der Waals surface area (Å²) in [5, 5.41) is 2.49. The van der Waals surface area contributed by atoms with E-state index in [-0.39, 0.29) is 11.8 Å². The number of H-pyrrole nitrogens is 1. The fourth-order valence-corrected chi connectivity index (χ4v) is 2.97. The highest BCUT2D eigenvalue weighted by Crippen LogP contribution is 2.19. The van der Waals surface area contributed by atoms with E-state index < -0.39 is 11.1 Å². The van der Waals surface area contributed by atoms with E-state index in [0.29, 0.717) is 17.2 Å². The van der Waals surface area contributed by atoms with E-state index in [1.807, 2.05) is 5.38 Å². The van der Waals surface area contributed by atoms with Crippen LogP contribution in [0.2, 0.25) is 0 Å². The second-order valence-corrected chi connectivity index (χ2v) is 5.89. The Kier molecular flexibility index (Phi) is 5.25. The average Bonchev–Trinajstić information content (AvgIpc) is 2.95. The number of nitrogens with zero attached hydrogens (tertiary/aromatic N) is 4. The molecule has 114 valence electrons. The predicted molar refractivity (Wildman–Crippen MR) is 82.6 cm³/mol. The third kappa shape index (κ3) is 4.81. The maximum absolute atomic E-state index is 11.0. The first kappa shape index (κ1) is 15.4. The average molecular weight is 328 g/mol. The molecule has 0 aliphatic heterocycles. The van der Waals surface area contributed by atoms with Gasteiger partial charge in [-0.05, 0) is 19.3 Å². The summed E-state index contributed by atoms with van der Waals surface area (Å²) in [6.07, 6.45) is 2.60. The molecule has 9 nitrogen and oxygen atoms in total. The van der Waals surface area contributed by atoms with Gasteiger partial charge in [0.15, 0.2) is 17.1 Å². The summed E-state index contributed by atoms with van der Waals surface area (Å²) in [4.78, 5) is 12.4. The van der Waals surface area contributed by atoms with Crippen LogP contribution in [0.4, 0.5) is 10.9 Å². The highest BCUT2D eigenvalue weighted by Gasteiger charge is 2.03. The highest BCUT2D eigenvalue weighted by molar-refractivity contribution is 7.14. The fourth-order valence-electron chi connectivity index (χ4n) is 1.59. The van der Waals surface area contributed by atoms with Crippen LogP contribution in [-0.4, -0.2) is 30.8 Å². The van der Waals surface area contributed by atoms with E-state index >= 15 is 0 Å². The van der Waals surface area contributed by atoms with Gasteiger partial charge in [-0.1, -0.05) is 0 Å². The van der Waals surface area contributed by atoms with Gasteiger partial charge in [0.05, 0.1) is 5.69 Å². The molecular weight excluding hydrogens is 312 g/mol. The Morgan fingerprint density at radius 2 is 2.24 bits per heavy atom. The summed E-state index contributed by atoms with van der Waals surface area (Å²) in [5.41, 5.74) is 17.5. The quantitative estimate of drug-likeness (QED) is 0.252. The Labute approximate surface area is 127 Å². The van der Waals surface area contributed by atoms with Crippen LogP contribution in [0.5, 0.6) is 0 Å². The second-order valence-electron chi connectivity index (χ2n) is 4.17. The van der Waals surface area contributed by atoms with Crippen LogP contribution in [0.3, 0.4) is 0 Å². The minimum absolute atomic E-state index is 0.00688. The van der Waals surface area contributed by atoms with E-state index in [2.05, 4.69) is 23.7 Å². The molecule has 0 saturated carbocycles. The molecule has 0 spiro atoms. The molecule has 0 aliphatic carbocycles. The molecule has 2 heterocycles. The van der Waals surface area contributed by atoms with Gasteiger partial charge < -0.3 is 21.8 Å². The van der Waals surface area contributed by atoms with Crippen molar-refractivity contribution in [3.8, 4) is 0 Å². The van der Waals surface area contributed by atoms with Crippen molar-refractivity contribution in [1.82, 2.24) is 13.7 Å². The number of aromatic nitrogens is 3. The van der Waals surface area contributed by atoms with Crippen LogP contribution < -0.4 is 22.7 Å². The minimum atomic E-state index is -1.48. The number of nitrogens with two attached hydrogens (primary N) is 3. The smallest absolute Gasteiger partial charge is 0.229 e. The summed E-state index contributed by atoms with van der Waals surface area (Å²) < 4.78 is 17.2. The van der Waals surface area contributed by atoms with Gasteiger partial charge >= 0.3 is 0 Å². The molecule has 0 aromatic carbocycles. The molecule has 0 aliphatic rings. The second kappa shape index (κ2) is 7.15. The number of nitrogens with one attached hydrogen (secondary N) is 1. The normalized spacial score (nSPS) is 12.6. The Morgan fingerprint density at radius 1 is 1.43 bits per heavy atom. The number of hydrogen-bond acceptors (Lipinski definition) is 7. The lowest BCUT2D eigenvalue weighted by atomic mass is 10.2. The summed E-state index contributed by atoms with van der Waals surface area (Å²) in [6.45, 7) is 0.584. The monoisotopic (exact) mass is 328 g/mol. The predicted octanol–water partition coefficient (Wildman–Crippen LogP) is 0.00450. The number of thiazole rings is 1. The molecule has 21 heavy (non-hydrogen) atoms. The molecule has 0 fully saturated rings. The van der Waals surface area contributed by atoms with Gasteiger partial charge in [0.25, 0.3) is 0 Å². The van der Waals surface area contributed by atoms with E-state index in [0.717, 1.165) is 25.0 Å². The largest absolute Gasteiger partial charge is 0.548 e. The zero-order chi connectivity index (χ0) is 15.2. The molecule has 2 rings (SSSR count). The Morgan fingerprint density at radius 3 is 2.90 bits per heavy atom. The number of anilines is 1. The van der Waals surface area contributed by atoms with Gasteiger partial charge in [-0.25, -0.2) is 4.98 Å². The van der Waals surface area contributed by atoms with Crippen LogP contribution in [-0.2, 0) is 6.42 Å². The highest BCUT2D eigenvalue weighted by atomic mass is 32.2. The Hall–Kier alpha value is -1.98. The Bertz CT molecular complexity index is 681. The van der Waals surface area contributed by atoms with Crippen LogP contribution in [0, 0.1) is 0 Å². The van der Waals surface area contributed by atoms with Crippen molar-refractivity contribution < 1.29 is 4.55 Å². The maximum Gasteiger partial charge on any atom is 0.229 e. The molecule has 1 atom stereocenters. The third-order valence-corrected chi connectivity index (χ3v) is 4.00. The van der Waals surface area contributed by atoms with Crippen molar-refractivity contribution in [3.05, 3.63) is 16.6 Å². The van der Waals surface area contributed by atoms with Crippen molar-refractivity contribution in [2.75, 3.05) is 12.3 Å². The molecule has 0 bridgehead atoms. The van der Waals surface area contributed by atoms with Crippen molar-refractivity contribution >= 4 is 39.4 Å². The molecule has 2 aromatic heterocycles. The van der Waals surface area contributed by atoms with Gasteiger partial charge in [-0.15, -0.1) is 15.7 Å². The van der Waals surface area contributed by atoms with Crippen molar-refractivity contribution in [2.24, 2.45) is 21.5 Å². The topological polar surface area (TPSA) is 167 Å². The van der Waals surface area contributed by atoms with Crippen LogP contribution >= 0.6 is 22.5 Å². The molecule has 2 aromatic rings. The zero-order valence-corrected chi connectivity index (χ0v) is 12.8. The number of hydrogen-bond donors (Lipinski definition) is 4. The number of aliphatic imine (C=N–C) groups is 1. The van der Waals surface area contributed by atoms with Gasteiger partial charge in [-0.3, -0.25) is 4.99 Å². The number of unbranched alkanes of at least 4 members (excludes halogenated alkanes) is 1. The van der Waals surface area contributed by atoms with E-state index in [1.165, 1.54) is 11.3 Å². The first-order valence-corrected chi connectivity index (χ1v) is 8.15. The summed E-state index contributed by atoms with van der Waals surface area (Å²) >= 11 is -0.0812. The van der Waals surface area contributed by atoms with Gasteiger partial charge in [0, 0.05) is 16.3 Å². The number of aryl methyl sites for hydroxylation is 1. The van der Waals surface area contributed by atoms with Crippen molar-refractivity contribution in [1.29, 1.82) is 0 Å². The van der Waals surface area contributed by atoms with E-state index in [1.54, 1.807) is 0 Å². The van der Waals surface area contributed by atoms with E-state index in [4.69, 9.17) is 17.2 Å². The minimum Gasteiger partial charge on any atom is -0.548 e. The molecule has 7 N–H and O–H groups in total. The summed E-state index contributed by atoms with van der Waals surface area (Å²) in [5.74, 6) is 0.196. The fraction of sp³-hybridized carbons (Fsp3) is 0.400. The van der Waals surface area contributed by atoms with Crippen molar-refractivity contribution in [2.45, 2.75) is 19.3 Å². The summed E-state index contributed by atoms with van der Waals surface area (Å²) in [7, 11) is 0. The standard InChI is InChI=1S/C10H16N8OS2/c11-7-8(18-21(19)17-7)14-4-2-1-3-6-5-20-10(15-6)16-9(12)13/h5H,1-4H2,(H2,11,17)(H,14,18)(H4,12,13,15,16). The molecule has 0 radical (unpaired) electrons. The third-order valence-electron chi connectivity index (χ3n) is 2.48. The lowest BCUT2D eigenvalue weighted by Gasteiger charge is -1.94. The van der Waals surface area contributed by atoms with Gasteiger partial charge in [0.2, 0.25) is 16.4 Å². The van der Waals surface area contributed by atoms with Crippen LogP contribution in [0.25, 0.3) is 0 Å². The molecule has 1 unspecified atom stereocenters.